The van der Waals surface area contributed by atoms with Gasteiger partial charge in [-0.1, -0.05) is 39.8 Å². The quantitative estimate of drug-likeness (QED) is 0.0765. The van der Waals surface area contributed by atoms with Crippen LogP contribution in [0.25, 0.3) is 0 Å². The van der Waals surface area contributed by atoms with Crippen molar-refractivity contribution < 1.29 is 54.0 Å². The van der Waals surface area contributed by atoms with Crippen molar-refractivity contribution in [3.63, 3.8) is 0 Å². The van der Waals surface area contributed by atoms with Crippen LogP contribution in [-0.4, -0.2) is 104 Å². The first-order valence-electron chi connectivity index (χ1n) is 15.9. The van der Waals surface area contributed by atoms with E-state index in [1.54, 1.807) is 39.8 Å². The molecule has 1 aromatic carbocycles. The zero-order valence-corrected chi connectivity index (χ0v) is 28.6. The van der Waals surface area contributed by atoms with Gasteiger partial charge in [-0.15, -0.1) is 0 Å². The molecular weight excluding hydrogens is 644 g/mol. The molecule has 0 spiro atoms. The van der Waals surface area contributed by atoms with Crippen LogP contribution in [0.2, 0.25) is 0 Å². The highest BCUT2D eigenvalue weighted by Gasteiger charge is 2.35. The Labute approximate surface area is 284 Å². The molecule has 0 aliphatic heterocycles. The SMILES string of the molecule is CC(C)C[C@H](NC(=O)[C@H](CCC(=O)O)NC(=O)[C@@H](NC(=O)[C@@H](NC(=O)[C@@H](N)Cc1ccc(O)cc1)[C@@H](C)O)C(C)C)C(=O)N[C@@H](C)C(=O)O. The van der Waals surface area contributed by atoms with Gasteiger partial charge in [0.05, 0.1) is 12.1 Å². The maximum atomic E-state index is 13.5. The Balaban J connectivity index is 3.13. The Hall–Kier alpha value is -4.77. The van der Waals surface area contributed by atoms with Gasteiger partial charge >= 0.3 is 11.9 Å². The number of aromatic hydroxyl groups is 1. The molecule has 0 saturated heterocycles. The molecule has 0 aliphatic rings. The number of carboxylic acids is 2. The highest BCUT2D eigenvalue weighted by molar-refractivity contribution is 5.96. The molecule has 0 heterocycles. The number of hydrogen-bond acceptors (Lipinski definition) is 10. The fourth-order valence-electron chi connectivity index (χ4n) is 4.57. The molecule has 7 atom stereocenters. The van der Waals surface area contributed by atoms with E-state index in [4.69, 9.17) is 10.8 Å². The monoisotopic (exact) mass is 694 g/mol. The van der Waals surface area contributed by atoms with Crippen molar-refractivity contribution in [3.05, 3.63) is 29.8 Å². The Morgan fingerprint density at radius 3 is 1.69 bits per heavy atom. The van der Waals surface area contributed by atoms with Gasteiger partial charge in [0.15, 0.2) is 0 Å². The van der Waals surface area contributed by atoms with E-state index in [2.05, 4.69) is 26.6 Å². The van der Waals surface area contributed by atoms with Crippen LogP contribution in [0.4, 0.5) is 0 Å². The van der Waals surface area contributed by atoms with Crippen molar-refractivity contribution in [1.29, 1.82) is 0 Å². The molecule has 5 amide bonds. The third-order valence-electron chi connectivity index (χ3n) is 7.39. The van der Waals surface area contributed by atoms with Gasteiger partial charge in [0, 0.05) is 6.42 Å². The molecule has 11 N–H and O–H groups in total. The van der Waals surface area contributed by atoms with E-state index < -0.39 is 103 Å². The lowest BCUT2D eigenvalue weighted by atomic mass is 10.00. The van der Waals surface area contributed by atoms with Gasteiger partial charge < -0.3 is 52.7 Å². The second-order valence-corrected chi connectivity index (χ2v) is 12.7. The molecule has 49 heavy (non-hydrogen) atoms. The summed E-state index contributed by atoms with van der Waals surface area (Å²) in [5.74, 6) is -7.60. The Morgan fingerprint density at radius 1 is 0.694 bits per heavy atom. The minimum atomic E-state index is -1.54. The first-order valence-corrected chi connectivity index (χ1v) is 15.9. The maximum Gasteiger partial charge on any atom is 0.325 e. The number of carbonyl (C=O) groups is 7. The molecule has 1 rings (SSSR count). The van der Waals surface area contributed by atoms with Crippen LogP contribution >= 0.6 is 0 Å². The van der Waals surface area contributed by atoms with Crippen LogP contribution in [0.15, 0.2) is 24.3 Å². The Morgan fingerprint density at radius 2 is 1.20 bits per heavy atom. The average Bonchev–Trinajstić information content (AvgIpc) is 3.00. The van der Waals surface area contributed by atoms with Gasteiger partial charge in [-0.2, -0.15) is 0 Å². The van der Waals surface area contributed by atoms with Gasteiger partial charge in [-0.25, -0.2) is 0 Å². The third kappa shape index (κ3) is 14.9. The Kier molecular flexibility index (Phi) is 17.2. The fraction of sp³-hybridized carbons (Fsp3) is 0.594. The number of rotatable bonds is 20. The minimum absolute atomic E-state index is 0.0237. The van der Waals surface area contributed by atoms with E-state index in [1.165, 1.54) is 26.0 Å². The molecule has 274 valence electrons. The van der Waals surface area contributed by atoms with Gasteiger partial charge in [0.2, 0.25) is 29.5 Å². The molecule has 0 unspecified atom stereocenters. The van der Waals surface area contributed by atoms with Crippen molar-refractivity contribution in [1.82, 2.24) is 26.6 Å². The van der Waals surface area contributed by atoms with Crippen molar-refractivity contribution >= 4 is 41.5 Å². The summed E-state index contributed by atoms with van der Waals surface area (Å²) in [6, 6.07) is -1.99. The van der Waals surface area contributed by atoms with Gasteiger partial charge in [-0.3, -0.25) is 33.6 Å². The number of aliphatic carboxylic acids is 2. The number of nitrogens with two attached hydrogens (primary N) is 1. The standard InChI is InChI=1S/C32H50N6O11/c1-15(2)13-23(29(45)34-17(5)32(48)49)36-28(44)22(11-12-24(41)42)35-30(46)25(16(3)4)37-31(47)26(18(6)39)38-27(43)21(33)14-19-7-9-20(40)10-8-19/h7-10,15-18,21-23,25-26,39-40H,11-14,33H2,1-6H3,(H,34,45)(H,35,46)(H,36,44)(H,37,47)(H,38,43)(H,41,42)(H,48,49)/t17-,18+,21-,22-,23-,25-,26-/m0/s1. The van der Waals surface area contributed by atoms with E-state index in [0.717, 1.165) is 0 Å². The summed E-state index contributed by atoms with van der Waals surface area (Å²) < 4.78 is 0. The number of hydrogen-bond donors (Lipinski definition) is 10. The molecule has 17 nitrogen and oxygen atoms in total. The van der Waals surface area contributed by atoms with Gasteiger partial charge in [-0.05, 0) is 62.6 Å². The molecule has 0 fully saturated rings. The van der Waals surface area contributed by atoms with Crippen LogP contribution in [-0.2, 0) is 40.0 Å². The molecule has 0 aliphatic carbocycles. The van der Waals surface area contributed by atoms with Crippen LogP contribution in [0.1, 0.15) is 66.4 Å². The molecule has 17 heteroatoms. The van der Waals surface area contributed by atoms with E-state index in [1.807, 2.05) is 0 Å². The van der Waals surface area contributed by atoms with E-state index >= 15 is 0 Å². The van der Waals surface area contributed by atoms with Crippen LogP contribution in [0.3, 0.4) is 0 Å². The van der Waals surface area contributed by atoms with E-state index in [0.29, 0.717) is 5.56 Å². The lowest BCUT2D eigenvalue weighted by molar-refractivity contribution is -0.142. The van der Waals surface area contributed by atoms with Crippen molar-refractivity contribution in [3.8, 4) is 5.75 Å². The second kappa shape index (κ2) is 19.9. The molecule has 1 aromatic rings. The second-order valence-electron chi connectivity index (χ2n) is 12.7. The number of carboxylic acid groups (broad SMARTS) is 2. The third-order valence-corrected chi connectivity index (χ3v) is 7.39. The van der Waals surface area contributed by atoms with Crippen molar-refractivity contribution in [2.75, 3.05) is 0 Å². The molecular formula is C32H50N6O11. The fourth-order valence-corrected chi connectivity index (χ4v) is 4.57. The first kappa shape index (κ1) is 42.3. The number of benzene rings is 1. The van der Waals surface area contributed by atoms with Crippen molar-refractivity contribution in [2.45, 2.75) is 110 Å². The average molecular weight is 695 g/mol. The summed E-state index contributed by atoms with van der Waals surface area (Å²) >= 11 is 0. The normalized spacial score (nSPS) is 15.5. The highest BCUT2D eigenvalue weighted by atomic mass is 16.4. The Bertz CT molecular complexity index is 1320. The molecule has 0 aromatic heterocycles. The smallest absolute Gasteiger partial charge is 0.325 e. The minimum Gasteiger partial charge on any atom is -0.508 e. The number of phenolic OH excluding ortho intramolecular Hbond substituents is 1. The molecule has 0 saturated carbocycles. The summed E-state index contributed by atoms with van der Waals surface area (Å²) in [4.78, 5) is 88.3. The predicted molar refractivity (Wildman–Crippen MR) is 176 cm³/mol. The zero-order chi connectivity index (χ0) is 37.6. The van der Waals surface area contributed by atoms with E-state index in [9.17, 15) is 48.9 Å². The molecule has 0 bridgehead atoms. The predicted octanol–water partition coefficient (Wildman–Crippen LogP) is -1.26. The number of aliphatic hydroxyl groups excluding tert-OH is 1. The zero-order valence-electron chi connectivity index (χ0n) is 28.6. The number of aliphatic hydroxyl groups is 1. The largest absolute Gasteiger partial charge is 0.508 e. The summed E-state index contributed by atoms with van der Waals surface area (Å²) in [5, 5.41) is 50.2. The maximum absolute atomic E-state index is 13.5. The van der Waals surface area contributed by atoms with Crippen LogP contribution < -0.4 is 32.3 Å². The van der Waals surface area contributed by atoms with Gasteiger partial charge in [0.1, 0.15) is 36.0 Å². The lowest BCUT2D eigenvalue weighted by Gasteiger charge is -2.29. The van der Waals surface area contributed by atoms with Crippen LogP contribution in [0.5, 0.6) is 5.75 Å². The summed E-state index contributed by atoms with van der Waals surface area (Å²) in [7, 11) is 0. The number of carbonyl (C=O) groups excluding carboxylic acids is 5. The first-order chi connectivity index (χ1) is 22.7. The summed E-state index contributed by atoms with van der Waals surface area (Å²) in [6.45, 7) is 9.16. The summed E-state index contributed by atoms with van der Waals surface area (Å²) in [5.41, 5.74) is 6.63. The lowest BCUT2D eigenvalue weighted by Crippen LogP contribution is -2.61. The number of nitrogens with one attached hydrogen (secondary N) is 5. The number of amides is 5. The summed E-state index contributed by atoms with van der Waals surface area (Å²) in [6.07, 6.45) is -2.22. The van der Waals surface area contributed by atoms with Crippen molar-refractivity contribution in [2.24, 2.45) is 17.6 Å². The van der Waals surface area contributed by atoms with E-state index in [-0.39, 0.29) is 24.5 Å². The van der Waals surface area contributed by atoms with Gasteiger partial charge in [0.25, 0.3) is 0 Å². The molecule has 0 radical (unpaired) electrons. The van der Waals surface area contributed by atoms with Crippen LogP contribution in [0, 0.1) is 11.8 Å². The topological polar surface area (TPSA) is 287 Å². The number of phenols is 1. The highest BCUT2D eigenvalue weighted by Crippen LogP contribution is 2.12.